The highest BCUT2D eigenvalue weighted by Crippen LogP contribution is 2.63. The first-order valence-electron chi connectivity index (χ1n) is 17.8. The summed E-state index contributed by atoms with van der Waals surface area (Å²) in [5.41, 5.74) is 3.14. The fraction of sp³-hybridized carbons (Fsp3) is 0.270. The molecule has 2 fully saturated rings. The largest absolute Gasteiger partial charge is 0.778 e. The molecule has 4 aromatic carbocycles. The van der Waals surface area contributed by atoms with Gasteiger partial charge in [-0.1, -0.05) is 103 Å². The van der Waals surface area contributed by atoms with Crippen molar-refractivity contribution in [2.24, 2.45) is 0 Å². The van der Waals surface area contributed by atoms with Crippen LogP contribution in [0.1, 0.15) is 29.3 Å². The third kappa shape index (κ3) is 9.42. The Balaban J connectivity index is 0.966. The number of anilines is 1. The molecule has 5 unspecified atom stereocenters. The second kappa shape index (κ2) is 16.6. The number of imidazole rings is 1. The molecule has 8 atom stereocenters. The van der Waals surface area contributed by atoms with Crippen molar-refractivity contribution in [3.8, 4) is 0 Å². The zero-order valence-electron chi connectivity index (χ0n) is 29.9. The zero-order valence-corrected chi connectivity index (χ0v) is 32.6. The van der Waals surface area contributed by atoms with Crippen LogP contribution < -0.4 is 20.0 Å². The average molecular weight is 835 g/mol. The highest BCUT2D eigenvalue weighted by Gasteiger charge is 2.54. The molecule has 6 aromatic rings. The Kier molecular flexibility index (Phi) is 11.5. The van der Waals surface area contributed by atoms with E-state index >= 15 is 0 Å². The molecule has 4 heterocycles. The lowest BCUT2D eigenvalue weighted by Gasteiger charge is -2.35. The molecule has 8 rings (SSSR count). The summed E-state index contributed by atoms with van der Waals surface area (Å²) in [6.45, 7) is -0.317. The molecule has 0 amide bonds. The lowest BCUT2D eigenvalue weighted by molar-refractivity contribution is -0.246. The maximum absolute atomic E-state index is 12.9. The molecule has 0 bridgehead atoms. The quantitative estimate of drug-likeness (QED) is 0.127. The molecule has 2 aromatic heterocycles. The van der Waals surface area contributed by atoms with Gasteiger partial charge in [0.1, 0.15) is 32.2 Å². The third-order valence-electron chi connectivity index (χ3n) is 9.42. The Morgan fingerprint density at radius 2 is 1.44 bits per heavy atom. The van der Waals surface area contributed by atoms with E-state index in [0.29, 0.717) is 47.1 Å². The fourth-order valence-electron chi connectivity index (χ4n) is 6.92. The molecule has 0 radical (unpaired) electrons. The molecule has 2 aliphatic rings. The predicted octanol–water partition coefficient (Wildman–Crippen LogP) is 4.97. The van der Waals surface area contributed by atoms with Gasteiger partial charge in [-0.05, 0) is 33.9 Å². The van der Waals surface area contributed by atoms with Crippen LogP contribution in [0.15, 0.2) is 116 Å². The van der Waals surface area contributed by atoms with Crippen molar-refractivity contribution < 1.29 is 55.7 Å². The number of fused-ring (bicyclic) bond motifs is 3. The molecule has 0 aliphatic carbocycles. The van der Waals surface area contributed by atoms with E-state index in [4.69, 9.17) is 18.7 Å². The number of rotatable bonds is 16. The first-order valence-corrected chi connectivity index (χ1v) is 22.5. The molecular formula is C37H35N5O12P3-3. The molecule has 2 saturated heterocycles. The Labute approximate surface area is 326 Å². The fourth-order valence-corrected chi connectivity index (χ4v) is 10.9. The van der Waals surface area contributed by atoms with Gasteiger partial charge in [0, 0.05) is 19.1 Å². The normalized spacial score (nSPS) is 23.8. The minimum absolute atomic E-state index is 0.244. The first kappa shape index (κ1) is 39.6. The van der Waals surface area contributed by atoms with Gasteiger partial charge in [0.15, 0.2) is 29.5 Å². The Morgan fingerprint density at radius 1 is 0.737 bits per heavy atom. The van der Waals surface area contributed by atoms with E-state index in [9.17, 15) is 28.4 Å². The number of hydrogen-bond donors (Lipinski definition) is 1. The summed E-state index contributed by atoms with van der Waals surface area (Å²) in [5.74, 6) is 0.467. The molecule has 17 nitrogen and oxygen atoms in total. The number of phosphoric ester groups is 1. The Bertz CT molecular complexity index is 2490. The third-order valence-corrected chi connectivity index (χ3v) is 14.0. The van der Waals surface area contributed by atoms with Crippen molar-refractivity contribution in [1.82, 2.24) is 19.5 Å². The molecule has 57 heavy (non-hydrogen) atoms. The number of aryl methyl sites for hydroxylation is 1. The van der Waals surface area contributed by atoms with Gasteiger partial charge in [-0.25, -0.2) is 19.3 Å². The van der Waals surface area contributed by atoms with E-state index in [0.717, 1.165) is 11.1 Å². The van der Waals surface area contributed by atoms with Gasteiger partial charge in [-0.3, -0.25) is 18.0 Å². The van der Waals surface area contributed by atoms with Crippen molar-refractivity contribution >= 4 is 51.0 Å². The first-order chi connectivity index (χ1) is 27.4. The number of hydrogen-bond acceptors (Lipinski definition) is 16. The van der Waals surface area contributed by atoms with Gasteiger partial charge in [0.2, 0.25) is 0 Å². The van der Waals surface area contributed by atoms with Gasteiger partial charge in [0.05, 0.1) is 12.9 Å². The SMILES string of the molecule is O=P([O-])(Cc1cccc2ccccc12)OP(=O)([O-])OP(=O)([O-])OC[C@H]1O[C@@H](n2cnc3c(NCc4ccccc4)ncnc32)C2OC(CCc3ccccc3)O[C@H]21. The summed E-state index contributed by atoms with van der Waals surface area (Å²) < 4.78 is 72.3. The van der Waals surface area contributed by atoms with Gasteiger partial charge in [-0.15, -0.1) is 0 Å². The zero-order chi connectivity index (χ0) is 39.6. The van der Waals surface area contributed by atoms with E-state index in [1.165, 1.54) is 18.7 Å². The number of nitrogens with one attached hydrogen (secondary N) is 1. The van der Waals surface area contributed by atoms with Crippen molar-refractivity contribution in [2.75, 3.05) is 11.9 Å². The van der Waals surface area contributed by atoms with Gasteiger partial charge < -0.3 is 43.3 Å². The highest BCUT2D eigenvalue weighted by molar-refractivity contribution is 7.66. The number of benzene rings is 4. The molecular weight excluding hydrogens is 799 g/mol. The van der Waals surface area contributed by atoms with Crippen LogP contribution in [0.3, 0.4) is 0 Å². The molecule has 2 aliphatic heterocycles. The summed E-state index contributed by atoms with van der Waals surface area (Å²) in [6.07, 6.45) is -1.46. The van der Waals surface area contributed by atoms with Crippen LogP contribution in [0.5, 0.6) is 0 Å². The van der Waals surface area contributed by atoms with Gasteiger partial charge in [-0.2, -0.15) is 0 Å². The van der Waals surface area contributed by atoms with Crippen LogP contribution in [0.25, 0.3) is 21.9 Å². The summed E-state index contributed by atoms with van der Waals surface area (Å²) in [4.78, 5) is 51.7. The van der Waals surface area contributed by atoms with Crippen LogP contribution in [0.2, 0.25) is 0 Å². The summed E-state index contributed by atoms with van der Waals surface area (Å²) in [7, 11) is -17.0. The second-order valence-electron chi connectivity index (χ2n) is 13.4. The van der Waals surface area contributed by atoms with Crippen molar-refractivity contribution in [2.45, 2.75) is 56.4 Å². The molecule has 20 heteroatoms. The van der Waals surface area contributed by atoms with Crippen LogP contribution in [0, 0.1) is 0 Å². The Morgan fingerprint density at radius 3 is 2.23 bits per heavy atom. The van der Waals surface area contributed by atoms with E-state index in [2.05, 4.69) is 28.9 Å². The number of ether oxygens (including phenoxy) is 3. The summed E-state index contributed by atoms with van der Waals surface area (Å²) in [5, 5.41) is 4.53. The van der Waals surface area contributed by atoms with E-state index < -0.39 is 66.8 Å². The summed E-state index contributed by atoms with van der Waals surface area (Å²) >= 11 is 0. The van der Waals surface area contributed by atoms with Crippen molar-refractivity contribution in [3.05, 3.63) is 132 Å². The summed E-state index contributed by atoms with van der Waals surface area (Å²) in [6, 6.07) is 31.1. The lowest BCUT2D eigenvalue weighted by Crippen LogP contribution is -2.32. The Hall–Kier alpha value is -4.18. The molecule has 298 valence electrons. The number of phosphoric acid groups is 2. The smallest absolute Gasteiger partial charge is 0.279 e. The van der Waals surface area contributed by atoms with Crippen LogP contribution in [-0.2, 0) is 60.2 Å². The van der Waals surface area contributed by atoms with Crippen LogP contribution >= 0.6 is 23.2 Å². The predicted molar refractivity (Wildman–Crippen MR) is 200 cm³/mol. The molecule has 0 spiro atoms. The minimum atomic E-state index is -6.03. The number of nitrogens with zero attached hydrogens (tertiary/aromatic N) is 4. The molecule has 1 N–H and O–H groups in total. The maximum Gasteiger partial charge on any atom is 0.279 e. The lowest BCUT2D eigenvalue weighted by atomic mass is 10.1. The van der Waals surface area contributed by atoms with Crippen molar-refractivity contribution in [1.29, 1.82) is 0 Å². The topological polar surface area (TPSA) is 231 Å². The second-order valence-corrected chi connectivity index (χ2v) is 18.3. The van der Waals surface area contributed by atoms with Crippen LogP contribution in [0.4, 0.5) is 5.82 Å². The maximum atomic E-state index is 12.9. The highest BCUT2D eigenvalue weighted by atomic mass is 31.3. The number of aromatic nitrogens is 4. The standard InChI is InChI=1S/C37H38N5O12P3/c43-55(44,22-28-16-9-15-27-14-7-8-17-29(27)28)53-57(47,48)54-56(45,46)49-21-30-33-34(52-31(51-33)19-18-25-10-3-1-4-11-25)37(50-30)42-24-41-32-35(39-23-40-36(32)42)38-20-26-12-5-2-6-13-26/h1-17,23-24,30-31,33-34,37H,18-22H2,(H,43,44)(H,45,46)(H,47,48)(H,38,39,40)/p-3/t30-,31?,33+,34?,37-/m1/s1. The molecule has 0 saturated carbocycles. The van der Waals surface area contributed by atoms with E-state index in [-0.39, 0.29) is 5.56 Å². The van der Waals surface area contributed by atoms with Gasteiger partial charge in [0.25, 0.3) is 15.6 Å². The monoisotopic (exact) mass is 834 g/mol. The van der Waals surface area contributed by atoms with Crippen molar-refractivity contribution in [3.63, 3.8) is 0 Å². The van der Waals surface area contributed by atoms with Crippen LogP contribution in [-0.4, -0.2) is 50.7 Å². The van der Waals surface area contributed by atoms with E-state index in [1.54, 1.807) is 41.0 Å². The minimum Gasteiger partial charge on any atom is -0.778 e. The van der Waals surface area contributed by atoms with E-state index in [1.807, 2.05) is 60.7 Å². The van der Waals surface area contributed by atoms with Gasteiger partial charge >= 0.3 is 0 Å². The average Bonchev–Trinajstić information content (AvgIpc) is 3.90.